The molecule has 0 aliphatic heterocycles. The maximum absolute atomic E-state index is 12.1. The van der Waals surface area contributed by atoms with Gasteiger partial charge in [0.15, 0.2) is 0 Å². The van der Waals surface area contributed by atoms with Gasteiger partial charge in [-0.25, -0.2) is 0 Å². The second-order valence-electron chi connectivity index (χ2n) is 6.45. The van der Waals surface area contributed by atoms with Crippen molar-refractivity contribution in [3.05, 3.63) is 0 Å². The first kappa shape index (κ1) is 17.4. The zero-order chi connectivity index (χ0) is 15.2. The highest BCUT2D eigenvalue weighted by molar-refractivity contribution is 5.85. The average molecular weight is 283 g/mol. The summed E-state index contributed by atoms with van der Waals surface area (Å²) in [6.07, 6.45) is 5.37. The summed E-state index contributed by atoms with van der Waals surface area (Å²) in [6, 6.07) is 0.293. The number of carbonyl (C=O) groups is 1. The monoisotopic (exact) mass is 283 g/mol. The Bertz CT molecular complexity index is 306. The molecule has 1 saturated carbocycles. The zero-order valence-corrected chi connectivity index (χ0v) is 13.7. The lowest BCUT2D eigenvalue weighted by atomic mass is 9.83. The van der Waals surface area contributed by atoms with E-state index in [-0.39, 0.29) is 5.91 Å². The second-order valence-corrected chi connectivity index (χ2v) is 6.45. The molecule has 2 unspecified atom stereocenters. The minimum atomic E-state index is -0.472. The fourth-order valence-electron chi connectivity index (χ4n) is 3.65. The summed E-state index contributed by atoms with van der Waals surface area (Å²) < 4.78 is 0. The van der Waals surface area contributed by atoms with Gasteiger partial charge in [-0.15, -0.1) is 0 Å². The van der Waals surface area contributed by atoms with Gasteiger partial charge >= 0.3 is 0 Å². The van der Waals surface area contributed by atoms with E-state index in [1.54, 1.807) is 0 Å². The molecule has 20 heavy (non-hydrogen) atoms. The van der Waals surface area contributed by atoms with Crippen LogP contribution in [0.25, 0.3) is 0 Å². The summed E-state index contributed by atoms with van der Waals surface area (Å²) in [5.41, 5.74) is 5.28. The molecule has 1 aliphatic carbocycles. The van der Waals surface area contributed by atoms with E-state index in [0.717, 1.165) is 45.3 Å². The van der Waals surface area contributed by atoms with Crippen LogP contribution in [0.4, 0.5) is 0 Å². The molecular weight excluding hydrogens is 250 g/mol. The summed E-state index contributed by atoms with van der Waals surface area (Å²) in [5.74, 6) is 0.223. The van der Waals surface area contributed by atoms with Gasteiger partial charge in [0.1, 0.15) is 5.54 Å². The third-order valence-corrected chi connectivity index (χ3v) is 4.59. The molecule has 0 saturated heterocycles. The van der Waals surface area contributed by atoms with Crippen molar-refractivity contribution < 1.29 is 4.79 Å². The molecule has 0 spiro atoms. The molecule has 0 bridgehead atoms. The largest absolute Gasteiger partial charge is 0.368 e. The first-order chi connectivity index (χ1) is 9.46. The first-order valence-corrected chi connectivity index (χ1v) is 8.26. The molecular formula is C16H33N3O. The molecule has 0 aromatic rings. The maximum Gasteiger partial charge on any atom is 0.238 e. The second kappa shape index (κ2) is 7.99. The fourth-order valence-corrected chi connectivity index (χ4v) is 3.65. The van der Waals surface area contributed by atoms with Crippen LogP contribution in [-0.2, 0) is 4.79 Å². The molecule has 3 N–H and O–H groups in total. The Balaban J connectivity index is 2.68. The van der Waals surface area contributed by atoms with Crippen LogP contribution in [0, 0.1) is 5.92 Å². The maximum atomic E-state index is 12.1. The van der Waals surface area contributed by atoms with E-state index in [0.29, 0.717) is 12.0 Å². The lowest BCUT2D eigenvalue weighted by Gasteiger charge is -2.36. The number of hydrogen-bond acceptors (Lipinski definition) is 3. The number of carbonyl (C=O) groups excluding carboxylic acids is 1. The molecule has 2 atom stereocenters. The highest BCUT2D eigenvalue weighted by Gasteiger charge is 2.47. The van der Waals surface area contributed by atoms with E-state index < -0.39 is 5.54 Å². The zero-order valence-electron chi connectivity index (χ0n) is 13.7. The van der Waals surface area contributed by atoms with Crippen molar-refractivity contribution >= 4 is 5.91 Å². The van der Waals surface area contributed by atoms with Gasteiger partial charge in [0.05, 0.1) is 0 Å². The van der Waals surface area contributed by atoms with Gasteiger partial charge in [-0.2, -0.15) is 0 Å². The Hall–Kier alpha value is -0.610. The Morgan fingerprint density at radius 3 is 2.60 bits per heavy atom. The molecule has 4 nitrogen and oxygen atoms in total. The number of primary amides is 1. The van der Waals surface area contributed by atoms with Crippen LogP contribution < -0.4 is 11.1 Å². The fraction of sp³-hybridized carbons (Fsp3) is 0.938. The number of nitrogens with two attached hydrogens (primary N) is 1. The summed E-state index contributed by atoms with van der Waals surface area (Å²) >= 11 is 0. The third-order valence-electron chi connectivity index (χ3n) is 4.59. The standard InChI is InChI=1S/C16H33N3O/c1-5-11-19(6-2)12-9-14-8-7-10-16(14,15(17)20)18-13(3)4/h13-14,18H,5-12H2,1-4H3,(H2,17,20). The Labute approximate surface area is 124 Å². The van der Waals surface area contributed by atoms with E-state index >= 15 is 0 Å². The van der Waals surface area contributed by atoms with Crippen LogP contribution in [0.1, 0.15) is 59.8 Å². The van der Waals surface area contributed by atoms with E-state index in [4.69, 9.17) is 5.73 Å². The summed E-state index contributed by atoms with van der Waals surface area (Å²) in [6.45, 7) is 11.9. The van der Waals surface area contributed by atoms with Gasteiger partial charge in [-0.3, -0.25) is 4.79 Å². The topological polar surface area (TPSA) is 58.4 Å². The summed E-state index contributed by atoms with van der Waals surface area (Å²) in [4.78, 5) is 14.5. The number of nitrogens with zero attached hydrogens (tertiary/aromatic N) is 1. The summed E-state index contributed by atoms with van der Waals surface area (Å²) in [7, 11) is 0. The highest BCUT2D eigenvalue weighted by atomic mass is 16.1. The lowest BCUT2D eigenvalue weighted by Crippen LogP contribution is -2.60. The van der Waals surface area contributed by atoms with Gasteiger partial charge in [0.25, 0.3) is 0 Å². The minimum Gasteiger partial charge on any atom is -0.368 e. The molecule has 1 amide bonds. The number of nitrogens with one attached hydrogen (secondary N) is 1. The molecule has 4 heteroatoms. The van der Waals surface area contributed by atoms with Crippen LogP contribution in [0.5, 0.6) is 0 Å². The van der Waals surface area contributed by atoms with Crippen molar-refractivity contribution in [1.82, 2.24) is 10.2 Å². The van der Waals surface area contributed by atoms with Gasteiger partial charge in [-0.05, 0) is 65.1 Å². The van der Waals surface area contributed by atoms with Crippen LogP contribution in [0.2, 0.25) is 0 Å². The van der Waals surface area contributed by atoms with E-state index in [1.807, 2.05) is 0 Å². The van der Waals surface area contributed by atoms with Crippen molar-refractivity contribution in [3.8, 4) is 0 Å². The van der Waals surface area contributed by atoms with E-state index in [1.165, 1.54) is 6.42 Å². The van der Waals surface area contributed by atoms with Gasteiger partial charge in [0.2, 0.25) is 5.91 Å². The molecule has 0 radical (unpaired) electrons. The molecule has 1 rings (SSSR count). The number of rotatable bonds is 9. The van der Waals surface area contributed by atoms with Crippen molar-refractivity contribution in [2.45, 2.75) is 71.4 Å². The molecule has 1 fully saturated rings. The van der Waals surface area contributed by atoms with Gasteiger partial charge in [-0.1, -0.05) is 20.3 Å². The van der Waals surface area contributed by atoms with Crippen LogP contribution in [0.15, 0.2) is 0 Å². The Morgan fingerprint density at radius 1 is 1.40 bits per heavy atom. The number of amides is 1. The molecule has 0 aromatic heterocycles. The molecule has 0 aromatic carbocycles. The number of hydrogen-bond donors (Lipinski definition) is 2. The quantitative estimate of drug-likeness (QED) is 0.681. The molecule has 0 heterocycles. The lowest BCUT2D eigenvalue weighted by molar-refractivity contribution is -0.126. The minimum absolute atomic E-state index is 0.160. The van der Waals surface area contributed by atoms with Crippen LogP contribution >= 0.6 is 0 Å². The molecule has 1 aliphatic rings. The van der Waals surface area contributed by atoms with Crippen molar-refractivity contribution in [2.75, 3.05) is 19.6 Å². The molecule has 118 valence electrons. The van der Waals surface area contributed by atoms with Crippen molar-refractivity contribution in [1.29, 1.82) is 0 Å². The van der Waals surface area contributed by atoms with Crippen LogP contribution in [-0.4, -0.2) is 42.0 Å². The average Bonchev–Trinajstić information content (AvgIpc) is 2.78. The van der Waals surface area contributed by atoms with E-state index in [9.17, 15) is 4.79 Å². The first-order valence-electron chi connectivity index (χ1n) is 8.26. The van der Waals surface area contributed by atoms with E-state index in [2.05, 4.69) is 37.9 Å². The van der Waals surface area contributed by atoms with Gasteiger partial charge < -0.3 is 16.0 Å². The Morgan fingerprint density at radius 2 is 2.10 bits per heavy atom. The van der Waals surface area contributed by atoms with Crippen LogP contribution in [0.3, 0.4) is 0 Å². The predicted molar refractivity (Wildman–Crippen MR) is 84.6 cm³/mol. The smallest absolute Gasteiger partial charge is 0.238 e. The predicted octanol–water partition coefficient (Wildman–Crippen LogP) is 2.13. The third kappa shape index (κ3) is 4.19. The normalized spacial score (nSPS) is 26.6. The highest BCUT2D eigenvalue weighted by Crippen LogP contribution is 2.38. The SMILES string of the molecule is CCCN(CC)CCC1CCCC1(NC(C)C)C(N)=O. The summed E-state index contributed by atoms with van der Waals surface area (Å²) in [5, 5.41) is 3.49. The van der Waals surface area contributed by atoms with Crippen molar-refractivity contribution in [3.63, 3.8) is 0 Å². The van der Waals surface area contributed by atoms with Crippen molar-refractivity contribution in [2.24, 2.45) is 11.7 Å². The van der Waals surface area contributed by atoms with Gasteiger partial charge in [0, 0.05) is 6.04 Å². The Kier molecular flexibility index (Phi) is 6.96.